The van der Waals surface area contributed by atoms with Gasteiger partial charge in [0.1, 0.15) is 17.6 Å². The minimum Gasteiger partial charge on any atom is -0.481 e. The van der Waals surface area contributed by atoms with Crippen molar-refractivity contribution in [1.29, 1.82) is 0 Å². The van der Waals surface area contributed by atoms with Crippen molar-refractivity contribution >= 4 is 16.7 Å². The van der Waals surface area contributed by atoms with E-state index in [-0.39, 0.29) is 23.7 Å². The lowest BCUT2D eigenvalue weighted by molar-refractivity contribution is -0.137. The van der Waals surface area contributed by atoms with Crippen molar-refractivity contribution in [3.8, 4) is 0 Å². The van der Waals surface area contributed by atoms with Crippen LogP contribution in [0, 0.1) is 11.6 Å². The lowest BCUT2D eigenvalue weighted by Crippen LogP contribution is -2.41. The Labute approximate surface area is 199 Å². The first-order chi connectivity index (χ1) is 16.2. The second-order valence-electron chi connectivity index (χ2n) is 8.61. The average molecular weight is 488 g/mol. The molecule has 34 heavy (non-hydrogen) atoms. The second-order valence-corrected chi connectivity index (χ2v) is 10.8. The Bertz CT molecular complexity index is 1160. The first-order valence-corrected chi connectivity index (χ1v) is 12.6. The Morgan fingerprint density at radius 2 is 1.62 bits per heavy atom. The normalized spacial score (nSPS) is 22.1. The van der Waals surface area contributed by atoms with Crippen LogP contribution < -0.4 is 0 Å². The minimum atomic E-state index is -3.33. The highest BCUT2D eigenvalue weighted by atomic mass is 32.3. The minimum absolute atomic E-state index is 0.0565. The lowest BCUT2D eigenvalue weighted by Gasteiger charge is -2.54. The van der Waals surface area contributed by atoms with Gasteiger partial charge in [0.15, 0.2) is 0 Å². The fourth-order valence-corrected chi connectivity index (χ4v) is 6.87. The van der Waals surface area contributed by atoms with Gasteiger partial charge in [-0.1, -0.05) is 60.7 Å². The van der Waals surface area contributed by atoms with E-state index in [9.17, 15) is 19.0 Å². The quantitative estimate of drug-likeness (QED) is 0.366. The summed E-state index contributed by atoms with van der Waals surface area (Å²) in [6.45, 7) is 1.62. The van der Waals surface area contributed by atoms with Crippen molar-refractivity contribution in [2.75, 3.05) is 0 Å². The largest absolute Gasteiger partial charge is 0.481 e. The van der Waals surface area contributed by atoms with Gasteiger partial charge in [0.2, 0.25) is 0 Å². The molecule has 1 heterocycles. The zero-order valence-corrected chi connectivity index (χ0v) is 19.5. The lowest BCUT2D eigenvalue weighted by atomic mass is 9.90. The van der Waals surface area contributed by atoms with Crippen molar-refractivity contribution < 1.29 is 27.8 Å². The summed E-state index contributed by atoms with van der Waals surface area (Å²) in [6, 6.07) is 18.9. The van der Waals surface area contributed by atoms with Crippen LogP contribution in [0.4, 0.5) is 8.78 Å². The fraction of sp³-hybridized carbons (Fsp3) is 0.269. The SMILES string of the molecule is C[C@H]1CC[C@H](c2ccccc2)S(O)(O)N1Cc1cc(F)c(C(C(=O)O)c2ccccc2)cc1F. The molecule has 3 aromatic carbocycles. The monoisotopic (exact) mass is 487 g/mol. The van der Waals surface area contributed by atoms with E-state index in [4.69, 9.17) is 0 Å². The van der Waals surface area contributed by atoms with Crippen molar-refractivity contribution in [1.82, 2.24) is 4.31 Å². The predicted molar refractivity (Wildman–Crippen MR) is 129 cm³/mol. The molecule has 4 rings (SSSR count). The third kappa shape index (κ3) is 4.72. The third-order valence-electron chi connectivity index (χ3n) is 6.42. The molecule has 0 spiro atoms. The molecular weight excluding hydrogens is 460 g/mol. The maximum absolute atomic E-state index is 15.2. The molecule has 3 atom stereocenters. The molecule has 0 saturated carbocycles. The smallest absolute Gasteiger partial charge is 0.315 e. The molecule has 180 valence electrons. The Kier molecular flexibility index (Phi) is 7.04. The number of halogens is 2. The Morgan fingerprint density at radius 3 is 2.24 bits per heavy atom. The molecule has 3 aromatic rings. The first-order valence-electron chi connectivity index (χ1n) is 11.0. The first kappa shape index (κ1) is 24.3. The topological polar surface area (TPSA) is 81.0 Å². The van der Waals surface area contributed by atoms with Crippen LogP contribution in [0.15, 0.2) is 72.8 Å². The summed E-state index contributed by atoms with van der Waals surface area (Å²) in [5, 5.41) is 9.17. The molecule has 0 amide bonds. The van der Waals surface area contributed by atoms with E-state index in [1.165, 1.54) is 4.31 Å². The number of carboxylic acid groups (broad SMARTS) is 1. The fourth-order valence-electron chi connectivity index (χ4n) is 4.61. The second kappa shape index (κ2) is 9.84. The summed E-state index contributed by atoms with van der Waals surface area (Å²) >= 11 is 0. The van der Waals surface area contributed by atoms with Gasteiger partial charge >= 0.3 is 5.97 Å². The summed E-state index contributed by atoms with van der Waals surface area (Å²) < 4.78 is 54.1. The van der Waals surface area contributed by atoms with Crippen LogP contribution in [0.2, 0.25) is 0 Å². The molecular formula is C26H27F2NO4S. The van der Waals surface area contributed by atoms with E-state index >= 15 is 8.78 Å². The summed E-state index contributed by atoms with van der Waals surface area (Å²) in [4.78, 5) is 11.9. The molecule has 1 fully saturated rings. The van der Waals surface area contributed by atoms with E-state index in [2.05, 4.69) is 0 Å². The van der Waals surface area contributed by atoms with Gasteiger partial charge in [-0.25, -0.2) is 8.78 Å². The Morgan fingerprint density at radius 1 is 1.00 bits per heavy atom. The van der Waals surface area contributed by atoms with Crippen molar-refractivity contribution in [3.63, 3.8) is 0 Å². The Balaban J connectivity index is 1.66. The highest BCUT2D eigenvalue weighted by Crippen LogP contribution is 2.63. The van der Waals surface area contributed by atoms with Crippen LogP contribution in [0.3, 0.4) is 0 Å². The highest BCUT2D eigenvalue weighted by Gasteiger charge is 2.41. The van der Waals surface area contributed by atoms with Gasteiger partial charge in [-0.15, -0.1) is 10.8 Å². The molecule has 0 aliphatic carbocycles. The van der Waals surface area contributed by atoms with Crippen molar-refractivity contribution in [2.45, 2.75) is 43.5 Å². The van der Waals surface area contributed by atoms with Crippen molar-refractivity contribution in [3.05, 3.63) is 107 Å². The molecule has 1 aliphatic rings. The number of hydrogen-bond acceptors (Lipinski definition) is 4. The van der Waals surface area contributed by atoms with E-state index in [1.807, 2.05) is 37.3 Å². The number of benzene rings is 3. The summed E-state index contributed by atoms with van der Waals surface area (Å²) in [5.74, 6) is -4.29. The molecule has 0 aromatic heterocycles. The van der Waals surface area contributed by atoms with Gasteiger partial charge in [-0.2, -0.15) is 4.31 Å². The van der Waals surface area contributed by atoms with Gasteiger partial charge in [0.05, 0.1) is 5.25 Å². The molecule has 8 heteroatoms. The van der Waals surface area contributed by atoms with Gasteiger partial charge in [-0.3, -0.25) is 13.9 Å². The number of nitrogens with zero attached hydrogens (tertiary/aromatic N) is 1. The third-order valence-corrected chi connectivity index (χ3v) is 8.87. The van der Waals surface area contributed by atoms with Crippen LogP contribution in [0.5, 0.6) is 0 Å². The van der Waals surface area contributed by atoms with E-state index in [0.29, 0.717) is 18.4 Å². The van der Waals surface area contributed by atoms with E-state index in [1.54, 1.807) is 30.3 Å². The number of rotatable bonds is 6. The van der Waals surface area contributed by atoms with E-state index < -0.39 is 39.5 Å². The van der Waals surface area contributed by atoms with Crippen LogP contribution in [0.1, 0.15) is 53.2 Å². The number of carbonyl (C=O) groups is 1. The van der Waals surface area contributed by atoms with Gasteiger partial charge in [-0.05, 0) is 43.0 Å². The molecule has 1 unspecified atom stereocenters. The number of hydrogen-bond donors (Lipinski definition) is 3. The average Bonchev–Trinajstić information content (AvgIpc) is 2.80. The van der Waals surface area contributed by atoms with Crippen LogP contribution in [0.25, 0.3) is 0 Å². The van der Waals surface area contributed by atoms with Crippen LogP contribution >= 0.6 is 10.8 Å². The maximum Gasteiger partial charge on any atom is 0.315 e. The van der Waals surface area contributed by atoms with Crippen LogP contribution in [-0.2, 0) is 11.3 Å². The standard InChI is InChI=1S/C26H27F2NO4S/c1-17-12-13-24(18-8-4-2-5-9-18)34(32,33)29(17)16-20-14-23(28)21(15-22(20)27)25(26(30)31)19-10-6-3-7-11-19/h2-11,14-15,17,24-25,32-33H,12-13,16H2,1H3,(H,30,31)/t17-,24+,25?/m0/s1. The van der Waals surface area contributed by atoms with Crippen molar-refractivity contribution in [2.24, 2.45) is 0 Å². The van der Waals surface area contributed by atoms with Gasteiger partial charge < -0.3 is 5.11 Å². The zero-order chi connectivity index (χ0) is 24.5. The zero-order valence-electron chi connectivity index (χ0n) is 18.6. The number of aliphatic carboxylic acids is 1. The summed E-state index contributed by atoms with van der Waals surface area (Å²) in [6.07, 6.45) is 1.23. The number of carboxylic acids is 1. The van der Waals surface area contributed by atoms with E-state index in [0.717, 1.165) is 17.7 Å². The van der Waals surface area contributed by atoms with Gasteiger partial charge in [0.25, 0.3) is 0 Å². The highest BCUT2D eigenvalue weighted by molar-refractivity contribution is 8.22. The van der Waals surface area contributed by atoms with Crippen LogP contribution in [-0.4, -0.2) is 30.5 Å². The summed E-state index contributed by atoms with van der Waals surface area (Å²) in [5.41, 5.74) is 0.790. The molecule has 5 nitrogen and oxygen atoms in total. The molecule has 1 aliphatic heterocycles. The Hall–Kier alpha value is -2.78. The molecule has 1 saturated heterocycles. The molecule has 3 N–H and O–H groups in total. The van der Waals surface area contributed by atoms with Gasteiger partial charge in [0, 0.05) is 23.7 Å². The summed E-state index contributed by atoms with van der Waals surface area (Å²) in [7, 11) is -3.33. The maximum atomic E-state index is 15.2. The molecule has 0 radical (unpaired) electrons. The molecule has 0 bridgehead atoms. The predicted octanol–water partition coefficient (Wildman–Crippen LogP) is 6.57.